The number of aliphatic hydroxyl groups excluding tert-OH is 1. The van der Waals surface area contributed by atoms with Crippen LogP contribution < -0.4 is 0 Å². The fourth-order valence-corrected chi connectivity index (χ4v) is 3.56. The molecule has 0 spiro atoms. The monoisotopic (exact) mass is 283 g/mol. The molecule has 1 N–H and O–H groups in total. The number of rotatable bonds is 6. The average molecular weight is 283 g/mol. The maximum atomic E-state index is 9.75. The number of hydrogen-bond donors (Lipinski definition) is 1. The number of ether oxygens (including phenoxy) is 1. The molecule has 108 valence electrons. The zero-order chi connectivity index (χ0) is 13.7. The molecule has 0 bridgehead atoms. The first-order valence-electron chi connectivity index (χ1n) is 7.06. The molecule has 1 saturated heterocycles. The van der Waals surface area contributed by atoms with Crippen LogP contribution in [0.2, 0.25) is 0 Å². The Kier molecular flexibility index (Phi) is 5.39. The van der Waals surface area contributed by atoms with Gasteiger partial charge >= 0.3 is 0 Å². The van der Waals surface area contributed by atoms with Gasteiger partial charge in [-0.25, -0.2) is 0 Å². The minimum absolute atomic E-state index is 0.0384. The largest absolute Gasteiger partial charge is 0.396 e. The number of thiophene rings is 1. The summed E-state index contributed by atoms with van der Waals surface area (Å²) in [5.41, 5.74) is 0.0384. The normalized spacial score (nSPS) is 20.6. The fourth-order valence-electron chi connectivity index (χ4n) is 2.73. The smallest absolute Gasteiger partial charge is 0.0501 e. The maximum absolute atomic E-state index is 9.75. The molecule has 1 atom stereocenters. The van der Waals surface area contributed by atoms with E-state index in [4.69, 9.17) is 4.74 Å². The maximum Gasteiger partial charge on any atom is 0.0501 e. The molecule has 0 aromatic carbocycles. The highest BCUT2D eigenvalue weighted by Gasteiger charge is 2.34. The SMILES string of the molecule is CC(Cc1cccs1)N(C)CC1(CO)CCOCC1. The second-order valence-electron chi connectivity index (χ2n) is 5.82. The standard InChI is InChI=1S/C15H25NO2S/c1-13(10-14-4-3-9-19-14)16(2)11-15(12-17)5-7-18-8-6-15/h3-4,9,13,17H,5-8,10-12H2,1-2H3. The van der Waals surface area contributed by atoms with Crippen LogP contribution in [0.5, 0.6) is 0 Å². The van der Waals surface area contributed by atoms with E-state index in [1.807, 2.05) is 11.3 Å². The van der Waals surface area contributed by atoms with E-state index in [0.717, 1.165) is 39.0 Å². The van der Waals surface area contributed by atoms with Crippen LogP contribution in [0, 0.1) is 5.41 Å². The molecule has 1 aromatic heterocycles. The molecular formula is C15H25NO2S. The lowest BCUT2D eigenvalue weighted by Gasteiger charge is -2.40. The zero-order valence-corrected chi connectivity index (χ0v) is 12.8. The molecule has 4 heteroatoms. The molecule has 19 heavy (non-hydrogen) atoms. The molecule has 1 unspecified atom stereocenters. The third kappa shape index (κ3) is 4.02. The van der Waals surface area contributed by atoms with Gasteiger partial charge in [-0.15, -0.1) is 11.3 Å². The van der Waals surface area contributed by atoms with Gasteiger partial charge in [0.1, 0.15) is 0 Å². The van der Waals surface area contributed by atoms with Crippen molar-refractivity contribution in [3.05, 3.63) is 22.4 Å². The Bertz CT molecular complexity index is 360. The van der Waals surface area contributed by atoms with Crippen LogP contribution in [-0.2, 0) is 11.2 Å². The first-order chi connectivity index (χ1) is 9.15. The molecule has 1 aliphatic rings. The van der Waals surface area contributed by atoms with E-state index in [9.17, 15) is 5.11 Å². The fraction of sp³-hybridized carbons (Fsp3) is 0.733. The van der Waals surface area contributed by atoms with Crippen molar-refractivity contribution in [2.45, 2.75) is 32.2 Å². The second-order valence-corrected chi connectivity index (χ2v) is 6.85. The minimum atomic E-state index is 0.0384. The van der Waals surface area contributed by atoms with Gasteiger partial charge in [-0.2, -0.15) is 0 Å². The van der Waals surface area contributed by atoms with Crippen LogP contribution in [-0.4, -0.2) is 49.5 Å². The second kappa shape index (κ2) is 6.84. The molecular weight excluding hydrogens is 258 g/mol. The van der Waals surface area contributed by atoms with Crippen molar-refractivity contribution in [3.63, 3.8) is 0 Å². The van der Waals surface area contributed by atoms with Crippen LogP contribution in [0.25, 0.3) is 0 Å². The van der Waals surface area contributed by atoms with Crippen molar-refractivity contribution in [1.82, 2.24) is 4.90 Å². The van der Waals surface area contributed by atoms with E-state index in [-0.39, 0.29) is 12.0 Å². The summed E-state index contributed by atoms with van der Waals surface area (Å²) in [4.78, 5) is 3.82. The first-order valence-corrected chi connectivity index (χ1v) is 7.94. The van der Waals surface area contributed by atoms with Crippen LogP contribution in [0.1, 0.15) is 24.6 Å². The predicted octanol–water partition coefficient (Wildman–Crippen LogP) is 2.40. The summed E-state index contributed by atoms with van der Waals surface area (Å²) in [6.45, 7) is 5.07. The van der Waals surface area contributed by atoms with Crippen molar-refractivity contribution in [2.75, 3.05) is 33.4 Å². The van der Waals surface area contributed by atoms with Gasteiger partial charge in [0.2, 0.25) is 0 Å². The molecule has 3 nitrogen and oxygen atoms in total. The highest BCUT2D eigenvalue weighted by Crippen LogP contribution is 2.31. The van der Waals surface area contributed by atoms with E-state index in [1.54, 1.807) is 0 Å². The lowest BCUT2D eigenvalue weighted by molar-refractivity contribution is -0.0352. The van der Waals surface area contributed by atoms with Crippen molar-refractivity contribution >= 4 is 11.3 Å². The van der Waals surface area contributed by atoms with Crippen LogP contribution >= 0.6 is 11.3 Å². The predicted molar refractivity (Wildman–Crippen MR) is 79.7 cm³/mol. The van der Waals surface area contributed by atoms with Crippen LogP contribution in [0.4, 0.5) is 0 Å². The van der Waals surface area contributed by atoms with Gasteiger partial charge in [-0.05, 0) is 44.7 Å². The van der Waals surface area contributed by atoms with Gasteiger partial charge in [0.05, 0.1) is 6.61 Å². The number of likely N-dealkylation sites (N-methyl/N-ethyl adjacent to an activating group) is 1. The number of aliphatic hydroxyl groups is 1. The summed E-state index contributed by atoms with van der Waals surface area (Å²) in [7, 11) is 2.17. The van der Waals surface area contributed by atoms with Crippen LogP contribution in [0.15, 0.2) is 17.5 Å². The van der Waals surface area contributed by atoms with E-state index in [1.165, 1.54) is 4.88 Å². The lowest BCUT2D eigenvalue weighted by Crippen LogP contribution is -2.45. The number of hydrogen-bond acceptors (Lipinski definition) is 4. The van der Waals surface area contributed by atoms with Gasteiger partial charge in [0.15, 0.2) is 0 Å². The topological polar surface area (TPSA) is 32.7 Å². The third-order valence-corrected chi connectivity index (χ3v) is 5.20. The van der Waals surface area contributed by atoms with Crippen molar-refractivity contribution in [3.8, 4) is 0 Å². The Morgan fingerprint density at radius 2 is 2.21 bits per heavy atom. The number of nitrogens with zero attached hydrogens (tertiary/aromatic N) is 1. The molecule has 0 saturated carbocycles. The Morgan fingerprint density at radius 3 is 2.79 bits per heavy atom. The lowest BCUT2D eigenvalue weighted by atomic mass is 9.80. The minimum Gasteiger partial charge on any atom is -0.396 e. The molecule has 2 heterocycles. The van der Waals surface area contributed by atoms with Crippen molar-refractivity contribution in [1.29, 1.82) is 0 Å². The van der Waals surface area contributed by atoms with Gasteiger partial charge in [-0.1, -0.05) is 6.07 Å². The summed E-state index contributed by atoms with van der Waals surface area (Å²) in [5.74, 6) is 0. The molecule has 0 aliphatic carbocycles. The molecule has 1 fully saturated rings. The highest BCUT2D eigenvalue weighted by atomic mass is 32.1. The van der Waals surface area contributed by atoms with Gasteiger partial charge in [0.25, 0.3) is 0 Å². The molecule has 2 rings (SSSR count). The zero-order valence-electron chi connectivity index (χ0n) is 12.0. The third-order valence-electron chi connectivity index (χ3n) is 4.30. The Balaban J connectivity index is 1.89. The quantitative estimate of drug-likeness (QED) is 0.870. The van der Waals surface area contributed by atoms with Crippen LogP contribution in [0.3, 0.4) is 0 Å². The summed E-state index contributed by atoms with van der Waals surface area (Å²) < 4.78 is 5.43. The van der Waals surface area contributed by atoms with Gasteiger partial charge < -0.3 is 14.7 Å². The summed E-state index contributed by atoms with van der Waals surface area (Å²) in [5, 5.41) is 11.9. The first kappa shape index (κ1) is 15.0. The molecule has 1 aromatic rings. The van der Waals surface area contributed by atoms with E-state index >= 15 is 0 Å². The molecule has 0 radical (unpaired) electrons. The summed E-state index contributed by atoms with van der Waals surface area (Å²) in [6.07, 6.45) is 3.03. The Labute approximate surface area is 120 Å². The average Bonchev–Trinajstić information content (AvgIpc) is 2.92. The highest BCUT2D eigenvalue weighted by molar-refractivity contribution is 7.09. The molecule has 0 amide bonds. The van der Waals surface area contributed by atoms with Crippen molar-refractivity contribution < 1.29 is 9.84 Å². The Hall–Kier alpha value is -0.420. The van der Waals surface area contributed by atoms with Crippen molar-refractivity contribution in [2.24, 2.45) is 5.41 Å². The van der Waals surface area contributed by atoms with E-state index in [0.29, 0.717) is 6.04 Å². The van der Waals surface area contributed by atoms with E-state index in [2.05, 4.69) is 36.4 Å². The summed E-state index contributed by atoms with van der Waals surface area (Å²) >= 11 is 1.82. The van der Waals surface area contributed by atoms with Gasteiger partial charge in [0, 0.05) is 36.1 Å². The summed E-state index contributed by atoms with van der Waals surface area (Å²) in [6, 6.07) is 4.82. The Morgan fingerprint density at radius 1 is 1.47 bits per heavy atom. The van der Waals surface area contributed by atoms with Gasteiger partial charge in [-0.3, -0.25) is 0 Å². The molecule has 1 aliphatic heterocycles. The van der Waals surface area contributed by atoms with E-state index < -0.39 is 0 Å².